The number of carbonyl (C=O) groups is 3. The number of allylic oxidation sites excluding steroid dienone is 2. The Morgan fingerprint density at radius 3 is 2.22 bits per heavy atom. The average molecular weight is 511 g/mol. The first-order valence-corrected chi connectivity index (χ1v) is 13.1. The molecule has 2 fully saturated rings. The van der Waals surface area contributed by atoms with Crippen LogP contribution < -0.4 is 0 Å². The number of furan rings is 1. The first-order valence-electron chi connectivity index (χ1n) is 13.1. The Kier molecular flexibility index (Phi) is 7.38. The zero-order valence-electron chi connectivity index (χ0n) is 23.6. The van der Waals surface area contributed by atoms with Gasteiger partial charge in [-0.05, 0) is 65.9 Å². The smallest absolute Gasteiger partial charge is 0.472 e. The summed E-state index contributed by atoms with van der Waals surface area (Å²) in [5.74, 6) is 0.182. The quantitative estimate of drug-likeness (QED) is 0.241. The van der Waals surface area contributed by atoms with Gasteiger partial charge < -0.3 is 13.9 Å². The van der Waals surface area contributed by atoms with E-state index in [-0.39, 0.29) is 33.4 Å². The first kappa shape index (κ1) is 28.8. The van der Waals surface area contributed by atoms with Crippen LogP contribution in [0.4, 0.5) is 4.79 Å². The molecule has 1 heterocycles. The molecule has 202 valence electrons. The summed E-state index contributed by atoms with van der Waals surface area (Å²) < 4.78 is 16.0. The molecule has 4 rings (SSSR count). The van der Waals surface area contributed by atoms with Crippen LogP contribution in [-0.4, -0.2) is 17.9 Å². The molecule has 6 atom stereocenters. The van der Waals surface area contributed by atoms with E-state index in [4.69, 9.17) is 13.9 Å². The van der Waals surface area contributed by atoms with E-state index in [2.05, 4.69) is 67.4 Å². The van der Waals surface area contributed by atoms with Gasteiger partial charge in [-0.3, -0.25) is 9.59 Å². The number of terminal acetylenes is 1. The second kappa shape index (κ2) is 9.49. The molecule has 2 saturated carbocycles. The van der Waals surface area contributed by atoms with Crippen LogP contribution in [0.1, 0.15) is 92.7 Å². The summed E-state index contributed by atoms with van der Waals surface area (Å²) in [5, 5.41) is 0. The molecule has 3 aliphatic carbocycles. The van der Waals surface area contributed by atoms with E-state index in [1.54, 1.807) is 12.5 Å². The molecule has 6 heteroatoms. The lowest BCUT2D eigenvalue weighted by atomic mass is 9.34. The van der Waals surface area contributed by atoms with E-state index in [9.17, 15) is 14.4 Å². The predicted octanol–water partition coefficient (Wildman–Crippen LogP) is 7.30. The van der Waals surface area contributed by atoms with E-state index in [1.165, 1.54) is 6.92 Å². The Hall–Kier alpha value is -2.81. The molecule has 0 bridgehead atoms. The highest BCUT2D eigenvalue weighted by Crippen LogP contribution is 2.74. The van der Waals surface area contributed by atoms with E-state index in [0.717, 1.165) is 31.2 Å². The summed E-state index contributed by atoms with van der Waals surface area (Å²) in [6.07, 6.45) is 17.3. The number of hydrogen-bond acceptors (Lipinski definition) is 6. The molecular weight excluding hydrogens is 468 g/mol. The summed E-state index contributed by atoms with van der Waals surface area (Å²) in [4.78, 5) is 36.7. The van der Waals surface area contributed by atoms with Gasteiger partial charge in [0, 0.05) is 23.3 Å². The Bertz CT molecular complexity index is 1090. The number of carbonyl (C=O) groups excluding carboxylic acids is 3. The Labute approximate surface area is 221 Å². The number of ketones is 1. The van der Waals surface area contributed by atoms with Gasteiger partial charge in [0.05, 0.1) is 12.5 Å². The monoisotopic (exact) mass is 510 g/mol. The maximum absolute atomic E-state index is 12.8. The zero-order valence-corrected chi connectivity index (χ0v) is 23.6. The van der Waals surface area contributed by atoms with Crippen molar-refractivity contribution in [1.29, 1.82) is 0 Å². The molecule has 0 amide bonds. The van der Waals surface area contributed by atoms with Gasteiger partial charge in [0.1, 0.15) is 6.10 Å². The van der Waals surface area contributed by atoms with Crippen LogP contribution in [0, 0.1) is 51.8 Å². The molecule has 4 unspecified atom stereocenters. The first-order chi connectivity index (χ1) is 17.1. The normalized spacial score (nSPS) is 36.1. The van der Waals surface area contributed by atoms with Crippen molar-refractivity contribution >= 4 is 17.9 Å². The SMILES string of the molecule is C#C.CC(=O)OC(=O)O[C@@H](c1ccoc1)[C@]1(C)CCC2C3(C)C=CC(=O)C(C)(C)C3CCC2(C)C1(C)C. The third kappa shape index (κ3) is 4.15. The highest BCUT2D eigenvalue weighted by Gasteiger charge is 2.69. The van der Waals surface area contributed by atoms with Gasteiger partial charge in [-0.2, -0.15) is 0 Å². The fourth-order valence-electron chi connectivity index (χ4n) is 8.34. The summed E-state index contributed by atoms with van der Waals surface area (Å²) in [6.45, 7) is 16.9. The van der Waals surface area contributed by atoms with E-state index in [0.29, 0.717) is 5.92 Å². The molecular formula is C31H42O6. The lowest BCUT2D eigenvalue weighted by Crippen LogP contribution is -2.65. The third-order valence-corrected chi connectivity index (χ3v) is 11.0. The number of fused-ring (bicyclic) bond motifs is 3. The van der Waals surface area contributed by atoms with Gasteiger partial charge in [-0.1, -0.05) is 54.5 Å². The van der Waals surface area contributed by atoms with Crippen LogP contribution in [-0.2, 0) is 19.1 Å². The van der Waals surface area contributed by atoms with Gasteiger partial charge in [-0.25, -0.2) is 4.79 Å². The molecule has 0 N–H and O–H groups in total. The van der Waals surface area contributed by atoms with Crippen molar-refractivity contribution < 1.29 is 28.3 Å². The molecule has 0 spiro atoms. The molecule has 0 radical (unpaired) electrons. The van der Waals surface area contributed by atoms with Crippen LogP contribution in [0.25, 0.3) is 0 Å². The third-order valence-electron chi connectivity index (χ3n) is 11.0. The minimum absolute atomic E-state index is 0.0815. The van der Waals surface area contributed by atoms with E-state index >= 15 is 0 Å². The highest BCUT2D eigenvalue weighted by molar-refractivity contribution is 5.95. The largest absolute Gasteiger partial charge is 0.516 e. The van der Waals surface area contributed by atoms with Gasteiger partial charge in [0.15, 0.2) is 5.78 Å². The van der Waals surface area contributed by atoms with Crippen LogP contribution >= 0.6 is 0 Å². The number of ether oxygens (including phenoxy) is 2. The molecule has 6 nitrogen and oxygen atoms in total. The van der Waals surface area contributed by atoms with Crippen molar-refractivity contribution in [2.24, 2.45) is 38.9 Å². The standard InChI is InChI=1S/C29H40O6.C2H2/c1-18(30)34-24(32)35-23(19-12-16-33-17-19)29(8)15-10-21-27(6)13-11-22(31)25(2,3)20(27)9-14-28(21,7)26(29,4)5;1-2/h11-13,16-17,20-21,23H,9-10,14-15H2,1-8H3;1-2H/t20?,21?,23-,27?,28?,29-;/m0./s1. The summed E-state index contributed by atoms with van der Waals surface area (Å²) in [7, 11) is 0. The Balaban J connectivity index is 0.00000186. The van der Waals surface area contributed by atoms with E-state index in [1.807, 2.05) is 12.1 Å². The fourth-order valence-corrected chi connectivity index (χ4v) is 8.34. The minimum atomic E-state index is -0.987. The molecule has 1 aromatic rings. The average Bonchev–Trinajstić information content (AvgIpc) is 3.34. The van der Waals surface area contributed by atoms with Crippen molar-refractivity contribution in [3.63, 3.8) is 0 Å². The van der Waals surface area contributed by atoms with Gasteiger partial charge in [-0.15, -0.1) is 12.8 Å². The van der Waals surface area contributed by atoms with Crippen molar-refractivity contribution in [1.82, 2.24) is 0 Å². The zero-order chi connectivity index (χ0) is 28.0. The van der Waals surface area contributed by atoms with Crippen molar-refractivity contribution in [3.8, 4) is 12.8 Å². The van der Waals surface area contributed by atoms with E-state index < -0.39 is 23.6 Å². The number of esters is 1. The van der Waals surface area contributed by atoms with Crippen LogP contribution in [0.3, 0.4) is 0 Å². The molecule has 3 aliphatic rings. The highest BCUT2D eigenvalue weighted by atomic mass is 16.7. The molecule has 37 heavy (non-hydrogen) atoms. The van der Waals surface area contributed by atoms with Crippen molar-refractivity contribution in [2.75, 3.05) is 0 Å². The summed E-state index contributed by atoms with van der Waals surface area (Å²) in [5.41, 5.74) is -0.522. The lowest BCUT2D eigenvalue weighted by molar-refractivity contribution is -0.227. The van der Waals surface area contributed by atoms with Crippen LogP contribution in [0.5, 0.6) is 0 Å². The molecule has 0 saturated heterocycles. The van der Waals surface area contributed by atoms with Crippen molar-refractivity contribution in [2.45, 2.75) is 87.2 Å². The van der Waals surface area contributed by atoms with Gasteiger partial charge >= 0.3 is 12.1 Å². The second-order valence-electron chi connectivity index (χ2n) is 12.8. The number of rotatable bonds is 3. The fraction of sp³-hybridized carbons (Fsp3) is 0.645. The predicted molar refractivity (Wildman–Crippen MR) is 141 cm³/mol. The van der Waals surface area contributed by atoms with Gasteiger partial charge in [0.25, 0.3) is 0 Å². The number of hydrogen-bond donors (Lipinski definition) is 0. The molecule has 0 aromatic carbocycles. The summed E-state index contributed by atoms with van der Waals surface area (Å²) >= 11 is 0. The van der Waals surface area contributed by atoms with Crippen LogP contribution in [0.15, 0.2) is 35.2 Å². The second-order valence-corrected chi connectivity index (χ2v) is 12.8. The topological polar surface area (TPSA) is 82.8 Å². The maximum Gasteiger partial charge on any atom is 0.516 e. The van der Waals surface area contributed by atoms with Crippen LogP contribution in [0.2, 0.25) is 0 Å². The van der Waals surface area contributed by atoms with Crippen molar-refractivity contribution in [3.05, 3.63) is 36.3 Å². The Morgan fingerprint density at radius 2 is 1.65 bits per heavy atom. The molecule has 0 aliphatic heterocycles. The lowest BCUT2D eigenvalue weighted by Gasteiger charge is -2.70. The summed E-state index contributed by atoms with van der Waals surface area (Å²) in [6, 6.07) is 1.82. The Morgan fingerprint density at radius 1 is 1.03 bits per heavy atom. The molecule has 1 aromatic heterocycles. The van der Waals surface area contributed by atoms with Gasteiger partial charge in [0.2, 0.25) is 0 Å². The minimum Gasteiger partial charge on any atom is -0.472 e. The maximum atomic E-state index is 12.8.